The fourth-order valence-electron chi connectivity index (χ4n) is 1.65. The van der Waals surface area contributed by atoms with Crippen LogP contribution in [-0.4, -0.2) is 13.1 Å². The number of hydrogen-bond acceptors (Lipinski definition) is 4. The van der Waals surface area contributed by atoms with Gasteiger partial charge in [0, 0.05) is 10.7 Å². The zero-order valence-electron chi connectivity index (χ0n) is 10.8. The standard InChI is InChI=1S/C14H10Cl3NO3/c1-20-14(19)9-5-8(18)6-11(17)13(9)21-12-3-2-7(15)4-10(12)16/h2-6H,18H2,1H3. The molecule has 2 aromatic rings. The van der Waals surface area contributed by atoms with Gasteiger partial charge in [0.2, 0.25) is 0 Å². The van der Waals surface area contributed by atoms with Gasteiger partial charge in [0.1, 0.15) is 11.3 Å². The minimum Gasteiger partial charge on any atom is -0.465 e. The SMILES string of the molecule is COC(=O)c1cc(N)cc(Cl)c1Oc1ccc(Cl)cc1Cl. The number of anilines is 1. The third kappa shape index (κ3) is 3.53. The summed E-state index contributed by atoms with van der Waals surface area (Å²) in [5.41, 5.74) is 6.09. The van der Waals surface area contributed by atoms with E-state index in [0.29, 0.717) is 16.5 Å². The molecule has 2 rings (SSSR count). The van der Waals surface area contributed by atoms with Crippen molar-refractivity contribution in [3.8, 4) is 11.5 Å². The lowest BCUT2D eigenvalue weighted by atomic mass is 10.1. The highest BCUT2D eigenvalue weighted by Crippen LogP contribution is 2.38. The molecule has 0 fully saturated rings. The van der Waals surface area contributed by atoms with Crippen molar-refractivity contribution in [1.82, 2.24) is 0 Å². The van der Waals surface area contributed by atoms with E-state index in [1.165, 1.54) is 25.3 Å². The second-order valence-electron chi connectivity index (χ2n) is 4.05. The quantitative estimate of drug-likeness (QED) is 0.640. The van der Waals surface area contributed by atoms with Crippen molar-refractivity contribution in [1.29, 1.82) is 0 Å². The van der Waals surface area contributed by atoms with E-state index in [1.807, 2.05) is 0 Å². The van der Waals surface area contributed by atoms with Crippen molar-refractivity contribution in [2.75, 3.05) is 12.8 Å². The van der Waals surface area contributed by atoms with Crippen LogP contribution in [0.4, 0.5) is 5.69 Å². The van der Waals surface area contributed by atoms with E-state index < -0.39 is 5.97 Å². The number of benzene rings is 2. The first-order chi connectivity index (χ1) is 9.92. The first kappa shape index (κ1) is 15.8. The van der Waals surface area contributed by atoms with Crippen LogP contribution in [0.5, 0.6) is 11.5 Å². The van der Waals surface area contributed by atoms with Gasteiger partial charge < -0.3 is 15.2 Å². The molecular formula is C14H10Cl3NO3. The van der Waals surface area contributed by atoms with Gasteiger partial charge in [-0.05, 0) is 30.3 Å². The fourth-order valence-corrected chi connectivity index (χ4v) is 2.36. The van der Waals surface area contributed by atoms with Crippen molar-refractivity contribution in [2.45, 2.75) is 0 Å². The maximum Gasteiger partial charge on any atom is 0.341 e. The largest absolute Gasteiger partial charge is 0.465 e. The summed E-state index contributed by atoms with van der Waals surface area (Å²) < 4.78 is 10.3. The van der Waals surface area contributed by atoms with Crippen LogP contribution in [-0.2, 0) is 4.74 Å². The molecule has 4 nitrogen and oxygen atoms in total. The first-order valence-corrected chi connectivity index (χ1v) is 6.86. The molecule has 0 spiro atoms. The predicted molar refractivity (Wildman–Crippen MR) is 83.7 cm³/mol. The van der Waals surface area contributed by atoms with Crippen molar-refractivity contribution in [2.24, 2.45) is 0 Å². The summed E-state index contributed by atoms with van der Waals surface area (Å²) in [6.07, 6.45) is 0. The van der Waals surface area contributed by atoms with Crippen LogP contribution in [0.2, 0.25) is 15.1 Å². The Balaban J connectivity index is 2.50. The second kappa shape index (κ2) is 6.43. The van der Waals surface area contributed by atoms with Crippen LogP contribution in [0.1, 0.15) is 10.4 Å². The number of halogens is 3. The normalized spacial score (nSPS) is 10.3. The van der Waals surface area contributed by atoms with Crippen molar-refractivity contribution in [3.63, 3.8) is 0 Å². The molecule has 110 valence electrons. The van der Waals surface area contributed by atoms with Gasteiger partial charge in [0.05, 0.1) is 17.2 Å². The molecule has 0 aromatic heterocycles. The van der Waals surface area contributed by atoms with Gasteiger partial charge in [-0.3, -0.25) is 0 Å². The highest BCUT2D eigenvalue weighted by atomic mass is 35.5. The lowest BCUT2D eigenvalue weighted by Crippen LogP contribution is -2.05. The summed E-state index contributed by atoms with van der Waals surface area (Å²) in [5.74, 6) is -0.205. The summed E-state index contributed by atoms with van der Waals surface area (Å²) in [5, 5.41) is 0.913. The Bertz CT molecular complexity index is 704. The number of methoxy groups -OCH3 is 1. The highest BCUT2D eigenvalue weighted by Gasteiger charge is 2.19. The Morgan fingerprint density at radius 1 is 1.10 bits per heavy atom. The third-order valence-corrected chi connectivity index (χ3v) is 3.39. The lowest BCUT2D eigenvalue weighted by Gasteiger charge is -2.13. The number of hydrogen-bond donors (Lipinski definition) is 1. The maximum atomic E-state index is 11.8. The summed E-state index contributed by atoms with van der Waals surface area (Å²) in [6, 6.07) is 7.57. The average Bonchev–Trinajstić information content (AvgIpc) is 2.42. The number of esters is 1. The van der Waals surface area contributed by atoms with E-state index in [9.17, 15) is 4.79 Å². The van der Waals surface area contributed by atoms with E-state index >= 15 is 0 Å². The lowest BCUT2D eigenvalue weighted by molar-refractivity contribution is 0.0598. The third-order valence-electron chi connectivity index (χ3n) is 2.58. The van der Waals surface area contributed by atoms with Gasteiger partial charge in [-0.2, -0.15) is 0 Å². The molecule has 0 aliphatic rings. The van der Waals surface area contributed by atoms with Gasteiger partial charge in [-0.1, -0.05) is 34.8 Å². The Labute approximate surface area is 136 Å². The van der Waals surface area contributed by atoms with Crippen molar-refractivity contribution >= 4 is 46.5 Å². The zero-order chi connectivity index (χ0) is 15.6. The average molecular weight is 347 g/mol. The Hall–Kier alpha value is -1.62. The first-order valence-electron chi connectivity index (χ1n) is 5.72. The number of nitrogen functional groups attached to an aromatic ring is 1. The van der Waals surface area contributed by atoms with E-state index in [-0.39, 0.29) is 21.4 Å². The fraction of sp³-hybridized carbons (Fsp3) is 0.0714. The molecule has 0 amide bonds. The van der Waals surface area contributed by atoms with Crippen LogP contribution in [0.15, 0.2) is 30.3 Å². The molecule has 0 atom stereocenters. The van der Waals surface area contributed by atoms with Gasteiger partial charge in [-0.25, -0.2) is 4.79 Å². The molecule has 21 heavy (non-hydrogen) atoms. The van der Waals surface area contributed by atoms with Gasteiger partial charge >= 0.3 is 5.97 Å². The predicted octanol–water partition coefficient (Wildman–Crippen LogP) is 4.81. The van der Waals surface area contributed by atoms with Gasteiger partial charge in [0.15, 0.2) is 5.75 Å². The Morgan fingerprint density at radius 2 is 1.81 bits per heavy atom. The summed E-state index contributed by atoms with van der Waals surface area (Å²) >= 11 is 17.9. The van der Waals surface area contributed by atoms with Crippen LogP contribution >= 0.6 is 34.8 Å². The molecule has 0 saturated heterocycles. The Morgan fingerprint density at radius 3 is 2.43 bits per heavy atom. The topological polar surface area (TPSA) is 61.5 Å². The Kier molecular flexibility index (Phi) is 4.83. The minimum absolute atomic E-state index is 0.105. The molecule has 0 aliphatic carbocycles. The molecule has 2 N–H and O–H groups in total. The highest BCUT2D eigenvalue weighted by molar-refractivity contribution is 6.35. The van der Waals surface area contributed by atoms with E-state index in [2.05, 4.69) is 4.74 Å². The number of carbonyl (C=O) groups is 1. The molecule has 2 aromatic carbocycles. The molecule has 0 radical (unpaired) electrons. The molecule has 0 unspecified atom stereocenters. The van der Waals surface area contributed by atoms with Gasteiger partial charge in [-0.15, -0.1) is 0 Å². The molecule has 0 bridgehead atoms. The minimum atomic E-state index is -0.621. The van der Waals surface area contributed by atoms with Crippen LogP contribution in [0, 0.1) is 0 Å². The second-order valence-corrected chi connectivity index (χ2v) is 5.30. The van der Waals surface area contributed by atoms with Crippen molar-refractivity contribution < 1.29 is 14.3 Å². The maximum absolute atomic E-state index is 11.8. The van der Waals surface area contributed by atoms with E-state index in [1.54, 1.807) is 12.1 Å². The number of carbonyl (C=O) groups excluding carboxylic acids is 1. The van der Waals surface area contributed by atoms with Crippen LogP contribution < -0.4 is 10.5 Å². The van der Waals surface area contributed by atoms with E-state index in [0.717, 1.165) is 0 Å². The number of ether oxygens (including phenoxy) is 2. The molecule has 0 saturated carbocycles. The molecule has 7 heteroatoms. The molecule has 0 heterocycles. The van der Waals surface area contributed by atoms with E-state index in [4.69, 9.17) is 45.3 Å². The van der Waals surface area contributed by atoms with Gasteiger partial charge in [0.25, 0.3) is 0 Å². The summed E-state index contributed by atoms with van der Waals surface area (Å²) in [7, 11) is 1.25. The molecular weight excluding hydrogens is 337 g/mol. The zero-order valence-corrected chi connectivity index (χ0v) is 13.1. The number of nitrogens with two attached hydrogens (primary N) is 1. The summed E-state index contributed by atoms with van der Waals surface area (Å²) in [6.45, 7) is 0. The molecule has 0 aliphatic heterocycles. The van der Waals surface area contributed by atoms with Crippen LogP contribution in [0.3, 0.4) is 0 Å². The number of rotatable bonds is 3. The van der Waals surface area contributed by atoms with Crippen molar-refractivity contribution in [3.05, 3.63) is 51.0 Å². The summed E-state index contributed by atoms with van der Waals surface area (Å²) in [4.78, 5) is 11.8. The monoisotopic (exact) mass is 345 g/mol. The van der Waals surface area contributed by atoms with Crippen LogP contribution in [0.25, 0.3) is 0 Å². The smallest absolute Gasteiger partial charge is 0.341 e.